The Morgan fingerprint density at radius 2 is 1.82 bits per heavy atom. The summed E-state index contributed by atoms with van der Waals surface area (Å²) < 4.78 is 0.905. The number of hydrogen-bond donors (Lipinski definition) is 1. The average Bonchev–Trinajstić information content (AvgIpc) is 2.82. The van der Waals surface area contributed by atoms with Gasteiger partial charge in [0.05, 0.1) is 18.2 Å². The van der Waals surface area contributed by atoms with Crippen LogP contribution in [0.25, 0.3) is 0 Å². The van der Waals surface area contributed by atoms with Crippen molar-refractivity contribution in [3.63, 3.8) is 0 Å². The molecule has 0 radical (unpaired) electrons. The highest BCUT2D eigenvalue weighted by Gasteiger charge is 2.39. The summed E-state index contributed by atoms with van der Waals surface area (Å²) in [5.41, 5.74) is 1.63. The van der Waals surface area contributed by atoms with E-state index in [1.807, 2.05) is 24.3 Å². The number of benzene rings is 1. The van der Waals surface area contributed by atoms with Crippen LogP contribution in [0.15, 0.2) is 53.3 Å². The van der Waals surface area contributed by atoms with E-state index in [2.05, 4.69) is 26.2 Å². The number of rotatable bonds is 4. The monoisotopic (exact) mass is 359 g/mol. The molecule has 0 bridgehead atoms. The molecule has 112 valence electrons. The minimum absolute atomic E-state index is 0.181. The highest BCUT2D eigenvalue weighted by molar-refractivity contribution is 9.10. The van der Waals surface area contributed by atoms with Gasteiger partial charge < -0.3 is 5.32 Å². The number of nitrogens with one attached hydrogen (secondary N) is 1. The minimum Gasteiger partial charge on any atom is -0.301 e. The van der Waals surface area contributed by atoms with Gasteiger partial charge in [0.25, 0.3) is 5.91 Å². The molecule has 1 N–H and O–H groups in total. The van der Waals surface area contributed by atoms with Crippen molar-refractivity contribution in [2.75, 3.05) is 4.90 Å². The summed E-state index contributed by atoms with van der Waals surface area (Å²) in [6.45, 7) is 0.528. The lowest BCUT2D eigenvalue weighted by Crippen LogP contribution is -2.38. The Labute approximate surface area is 136 Å². The van der Waals surface area contributed by atoms with Crippen LogP contribution in [0.3, 0.4) is 0 Å². The van der Waals surface area contributed by atoms with Crippen molar-refractivity contribution in [2.45, 2.75) is 19.0 Å². The molecule has 0 saturated carbocycles. The highest BCUT2D eigenvalue weighted by Crippen LogP contribution is 2.24. The fourth-order valence-corrected chi connectivity index (χ4v) is 2.66. The molecule has 0 unspecified atom stereocenters. The Balaban J connectivity index is 1.70. The molecule has 1 aromatic heterocycles. The SMILES string of the molecule is O=C1C[C@@H](NCc2ccncc2)C(=O)N1c1ccc(Br)cc1. The van der Waals surface area contributed by atoms with Crippen molar-refractivity contribution < 1.29 is 9.59 Å². The van der Waals surface area contributed by atoms with Crippen molar-refractivity contribution >= 4 is 33.4 Å². The molecule has 22 heavy (non-hydrogen) atoms. The molecule has 0 aliphatic carbocycles. The Morgan fingerprint density at radius 3 is 2.50 bits per heavy atom. The molecular formula is C16H14BrN3O2. The van der Waals surface area contributed by atoms with E-state index in [9.17, 15) is 9.59 Å². The molecule has 2 heterocycles. The second-order valence-electron chi connectivity index (χ2n) is 5.04. The Morgan fingerprint density at radius 1 is 1.14 bits per heavy atom. The Hall–Kier alpha value is -2.05. The van der Waals surface area contributed by atoms with Crippen LogP contribution < -0.4 is 10.2 Å². The second kappa shape index (κ2) is 6.37. The van der Waals surface area contributed by atoms with Crippen molar-refractivity contribution in [2.24, 2.45) is 0 Å². The predicted molar refractivity (Wildman–Crippen MR) is 86.1 cm³/mol. The molecular weight excluding hydrogens is 346 g/mol. The molecule has 6 heteroatoms. The highest BCUT2D eigenvalue weighted by atomic mass is 79.9. The van der Waals surface area contributed by atoms with Crippen LogP contribution in [0.1, 0.15) is 12.0 Å². The predicted octanol–water partition coefficient (Wildman–Crippen LogP) is 2.27. The van der Waals surface area contributed by atoms with E-state index in [-0.39, 0.29) is 18.2 Å². The van der Waals surface area contributed by atoms with Crippen LogP contribution >= 0.6 is 15.9 Å². The van der Waals surface area contributed by atoms with Crippen molar-refractivity contribution in [3.8, 4) is 0 Å². The summed E-state index contributed by atoms with van der Waals surface area (Å²) in [4.78, 5) is 29.8. The maximum Gasteiger partial charge on any atom is 0.251 e. The van der Waals surface area contributed by atoms with E-state index < -0.39 is 6.04 Å². The van der Waals surface area contributed by atoms with Gasteiger partial charge in [-0.15, -0.1) is 0 Å². The first-order valence-corrected chi connectivity index (χ1v) is 7.69. The molecule has 1 aromatic carbocycles. The third-order valence-electron chi connectivity index (χ3n) is 3.53. The molecule has 1 fully saturated rings. The Kier molecular flexibility index (Phi) is 4.31. The molecule has 0 spiro atoms. The number of halogens is 1. The zero-order valence-corrected chi connectivity index (χ0v) is 13.3. The van der Waals surface area contributed by atoms with Crippen LogP contribution in [-0.2, 0) is 16.1 Å². The molecule has 2 aromatic rings. The fraction of sp³-hybridized carbons (Fsp3) is 0.188. The number of hydrogen-bond acceptors (Lipinski definition) is 4. The van der Waals surface area contributed by atoms with Gasteiger partial charge in [-0.25, -0.2) is 4.90 Å². The van der Waals surface area contributed by atoms with Crippen LogP contribution in [0.4, 0.5) is 5.69 Å². The minimum atomic E-state index is -0.482. The van der Waals surface area contributed by atoms with E-state index in [0.29, 0.717) is 12.2 Å². The van der Waals surface area contributed by atoms with Crippen molar-refractivity contribution in [3.05, 3.63) is 58.8 Å². The molecule has 5 nitrogen and oxygen atoms in total. The second-order valence-corrected chi connectivity index (χ2v) is 5.95. The molecule has 1 atom stereocenters. The number of nitrogens with zero attached hydrogens (tertiary/aromatic N) is 2. The normalized spacial score (nSPS) is 18.0. The maximum absolute atomic E-state index is 12.4. The number of carbonyl (C=O) groups is 2. The van der Waals surface area contributed by atoms with Crippen molar-refractivity contribution in [1.29, 1.82) is 0 Å². The third kappa shape index (κ3) is 3.08. The van der Waals surface area contributed by atoms with Crippen LogP contribution in [0.2, 0.25) is 0 Å². The standard InChI is InChI=1S/C16H14BrN3O2/c17-12-1-3-13(4-2-12)20-15(21)9-14(16(20)22)19-10-11-5-7-18-8-6-11/h1-8,14,19H,9-10H2/t14-/m1/s1. The topological polar surface area (TPSA) is 62.3 Å². The zero-order valence-electron chi connectivity index (χ0n) is 11.7. The van der Waals surface area contributed by atoms with Crippen molar-refractivity contribution in [1.82, 2.24) is 10.3 Å². The van der Waals surface area contributed by atoms with Crippen LogP contribution in [-0.4, -0.2) is 22.8 Å². The first-order valence-electron chi connectivity index (χ1n) is 6.90. The van der Waals surface area contributed by atoms with Crippen LogP contribution in [0.5, 0.6) is 0 Å². The van der Waals surface area contributed by atoms with Gasteiger partial charge >= 0.3 is 0 Å². The largest absolute Gasteiger partial charge is 0.301 e. The van der Waals surface area contributed by atoms with E-state index in [1.54, 1.807) is 24.5 Å². The van der Waals surface area contributed by atoms with E-state index in [0.717, 1.165) is 10.0 Å². The molecule has 1 aliphatic heterocycles. The number of pyridine rings is 1. The average molecular weight is 360 g/mol. The molecule has 3 rings (SSSR count). The summed E-state index contributed by atoms with van der Waals surface area (Å²) in [5.74, 6) is -0.388. The maximum atomic E-state index is 12.4. The van der Waals surface area contributed by atoms with E-state index in [4.69, 9.17) is 0 Å². The van der Waals surface area contributed by atoms with Gasteiger partial charge in [-0.2, -0.15) is 0 Å². The summed E-state index contributed by atoms with van der Waals surface area (Å²) in [7, 11) is 0. The van der Waals surface area contributed by atoms with Gasteiger partial charge in [0.15, 0.2) is 0 Å². The lowest BCUT2D eigenvalue weighted by molar-refractivity contribution is -0.121. The van der Waals surface area contributed by atoms with Gasteiger partial charge in [-0.3, -0.25) is 14.6 Å². The molecule has 1 saturated heterocycles. The summed E-state index contributed by atoms with van der Waals surface area (Å²) >= 11 is 3.34. The smallest absolute Gasteiger partial charge is 0.251 e. The fourth-order valence-electron chi connectivity index (χ4n) is 2.39. The summed E-state index contributed by atoms with van der Waals surface area (Å²) in [6, 6.07) is 10.4. The van der Waals surface area contributed by atoms with Gasteiger partial charge in [0.2, 0.25) is 5.91 Å². The van der Waals surface area contributed by atoms with Crippen LogP contribution in [0, 0.1) is 0 Å². The first kappa shape index (κ1) is 14.9. The molecule has 2 amide bonds. The quantitative estimate of drug-likeness (QED) is 0.850. The zero-order chi connectivity index (χ0) is 15.5. The van der Waals surface area contributed by atoms with Gasteiger partial charge in [-0.1, -0.05) is 15.9 Å². The summed E-state index contributed by atoms with van der Waals surface area (Å²) in [6.07, 6.45) is 3.58. The van der Waals surface area contributed by atoms with Gasteiger partial charge in [-0.05, 0) is 42.0 Å². The van der Waals surface area contributed by atoms with Gasteiger partial charge in [0.1, 0.15) is 0 Å². The van der Waals surface area contributed by atoms with E-state index in [1.165, 1.54) is 4.90 Å². The van der Waals surface area contributed by atoms with E-state index >= 15 is 0 Å². The number of amides is 2. The first-order chi connectivity index (χ1) is 10.6. The Bertz CT molecular complexity index is 688. The summed E-state index contributed by atoms with van der Waals surface area (Å²) in [5, 5.41) is 3.14. The lowest BCUT2D eigenvalue weighted by atomic mass is 10.2. The lowest BCUT2D eigenvalue weighted by Gasteiger charge is -2.15. The number of carbonyl (C=O) groups excluding carboxylic acids is 2. The number of anilines is 1. The third-order valence-corrected chi connectivity index (χ3v) is 4.06. The number of imide groups is 1. The number of aromatic nitrogens is 1. The van der Waals surface area contributed by atoms with Gasteiger partial charge in [0, 0.05) is 23.4 Å². The molecule has 1 aliphatic rings.